The highest BCUT2D eigenvalue weighted by atomic mass is 15.1. The Bertz CT molecular complexity index is 311. The van der Waals surface area contributed by atoms with Crippen molar-refractivity contribution in [3.05, 3.63) is 35.9 Å². The molecule has 0 unspecified atom stereocenters. The van der Waals surface area contributed by atoms with Crippen LogP contribution >= 0.6 is 0 Å². The second-order valence-electron chi connectivity index (χ2n) is 5.09. The molecule has 0 spiro atoms. The van der Waals surface area contributed by atoms with Gasteiger partial charge in [0, 0.05) is 6.54 Å². The van der Waals surface area contributed by atoms with Gasteiger partial charge in [0.2, 0.25) is 0 Å². The van der Waals surface area contributed by atoms with E-state index in [9.17, 15) is 0 Å². The van der Waals surface area contributed by atoms with Crippen molar-refractivity contribution in [3.8, 4) is 0 Å². The number of fused-ring (bicyclic) bond motifs is 3. The summed E-state index contributed by atoms with van der Waals surface area (Å²) in [5.74, 6) is 1.94. The number of nitrogens with zero attached hydrogens (tertiary/aromatic N) is 1. The molecule has 3 aliphatic heterocycles. The lowest BCUT2D eigenvalue weighted by atomic mass is 9.76. The monoisotopic (exact) mass is 201 g/mol. The van der Waals surface area contributed by atoms with Crippen molar-refractivity contribution in [2.24, 2.45) is 11.8 Å². The van der Waals surface area contributed by atoms with Gasteiger partial charge >= 0.3 is 0 Å². The van der Waals surface area contributed by atoms with Gasteiger partial charge in [0.1, 0.15) is 0 Å². The van der Waals surface area contributed by atoms with E-state index in [0.717, 1.165) is 11.8 Å². The molecule has 0 aliphatic carbocycles. The van der Waals surface area contributed by atoms with Crippen molar-refractivity contribution < 1.29 is 0 Å². The molecule has 3 heterocycles. The predicted octanol–water partition coefficient (Wildman–Crippen LogP) is 2.57. The minimum Gasteiger partial charge on any atom is -0.303 e. The molecule has 4 rings (SSSR count). The fourth-order valence-corrected chi connectivity index (χ4v) is 3.24. The molecule has 80 valence electrons. The minimum atomic E-state index is 0.926. The van der Waals surface area contributed by atoms with Crippen LogP contribution in [-0.4, -0.2) is 24.5 Å². The smallest absolute Gasteiger partial charge is 0.00155 e. The molecule has 0 radical (unpaired) electrons. The van der Waals surface area contributed by atoms with Gasteiger partial charge in [-0.1, -0.05) is 30.3 Å². The zero-order valence-corrected chi connectivity index (χ0v) is 9.23. The lowest BCUT2D eigenvalue weighted by Gasteiger charge is -2.45. The Morgan fingerprint density at radius 3 is 2.40 bits per heavy atom. The number of hydrogen-bond donors (Lipinski definition) is 0. The maximum atomic E-state index is 2.65. The molecular formula is C14H19N. The summed E-state index contributed by atoms with van der Waals surface area (Å²) in [5.41, 5.74) is 1.52. The highest BCUT2D eigenvalue weighted by molar-refractivity contribution is 5.16. The Hall–Kier alpha value is -0.820. The van der Waals surface area contributed by atoms with Gasteiger partial charge in [-0.25, -0.2) is 0 Å². The van der Waals surface area contributed by atoms with Crippen LogP contribution in [0.5, 0.6) is 0 Å². The Kier molecular flexibility index (Phi) is 2.49. The van der Waals surface area contributed by atoms with E-state index < -0.39 is 0 Å². The predicted molar refractivity (Wildman–Crippen MR) is 62.8 cm³/mol. The molecule has 15 heavy (non-hydrogen) atoms. The van der Waals surface area contributed by atoms with Crippen LogP contribution in [0, 0.1) is 11.8 Å². The van der Waals surface area contributed by atoms with E-state index in [1.165, 1.54) is 44.5 Å². The van der Waals surface area contributed by atoms with Gasteiger partial charge in [0.15, 0.2) is 0 Å². The summed E-state index contributed by atoms with van der Waals surface area (Å²) in [6, 6.07) is 11.0. The topological polar surface area (TPSA) is 3.24 Å². The highest BCUT2D eigenvalue weighted by Gasteiger charge is 2.33. The zero-order chi connectivity index (χ0) is 10.1. The molecule has 1 aromatic carbocycles. The first-order valence-electron chi connectivity index (χ1n) is 6.18. The zero-order valence-electron chi connectivity index (χ0n) is 9.23. The van der Waals surface area contributed by atoms with Crippen molar-refractivity contribution in [1.29, 1.82) is 0 Å². The van der Waals surface area contributed by atoms with Crippen LogP contribution in [-0.2, 0) is 6.42 Å². The van der Waals surface area contributed by atoms with Crippen LogP contribution in [0.4, 0.5) is 0 Å². The van der Waals surface area contributed by atoms with Crippen LogP contribution in [0.1, 0.15) is 18.4 Å². The molecule has 3 aliphatic rings. The summed E-state index contributed by atoms with van der Waals surface area (Å²) >= 11 is 0. The molecule has 1 aromatic rings. The van der Waals surface area contributed by atoms with Crippen LogP contribution in [0.2, 0.25) is 0 Å². The number of benzene rings is 1. The van der Waals surface area contributed by atoms with Crippen molar-refractivity contribution in [2.45, 2.75) is 19.3 Å². The van der Waals surface area contributed by atoms with Crippen LogP contribution < -0.4 is 0 Å². The van der Waals surface area contributed by atoms with E-state index in [4.69, 9.17) is 0 Å². The second-order valence-corrected chi connectivity index (χ2v) is 5.09. The average Bonchev–Trinajstić information content (AvgIpc) is 2.32. The van der Waals surface area contributed by atoms with Crippen LogP contribution in [0.25, 0.3) is 0 Å². The Labute approximate surface area is 92.1 Å². The Morgan fingerprint density at radius 2 is 1.80 bits per heavy atom. The van der Waals surface area contributed by atoms with E-state index in [1.54, 1.807) is 0 Å². The molecule has 0 aromatic heterocycles. The Morgan fingerprint density at radius 1 is 1.07 bits per heavy atom. The van der Waals surface area contributed by atoms with Gasteiger partial charge in [-0.3, -0.25) is 0 Å². The van der Waals surface area contributed by atoms with Crippen molar-refractivity contribution in [2.75, 3.05) is 19.6 Å². The van der Waals surface area contributed by atoms with Gasteiger partial charge < -0.3 is 4.90 Å². The molecule has 3 fully saturated rings. The normalized spacial score (nSPS) is 34.3. The summed E-state index contributed by atoms with van der Waals surface area (Å²) in [7, 11) is 0. The van der Waals surface area contributed by atoms with Crippen LogP contribution in [0.3, 0.4) is 0 Å². The maximum absolute atomic E-state index is 2.65. The summed E-state index contributed by atoms with van der Waals surface area (Å²) in [6.45, 7) is 4.06. The third-order valence-electron chi connectivity index (χ3n) is 4.13. The van der Waals surface area contributed by atoms with Gasteiger partial charge in [0.05, 0.1) is 0 Å². The lowest BCUT2D eigenvalue weighted by Crippen LogP contribution is -2.48. The lowest BCUT2D eigenvalue weighted by molar-refractivity contribution is 0.0512. The van der Waals surface area contributed by atoms with E-state index in [-0.39, 0.29) is 0 Å². The molecule has 1 heteroatoms. The first-order valence-corrected chi connectivity index (χ1v) is 6.18. The number of rotatable bonds is 2. The Balaban J connectivity index is 1.69. The third kappa shape index (κ3) is 1.93. The van der Waals surface area contributed by atoms with Gasteiger partial charge in [-0.2, -0.15) is 0 Å². The summed E-state index contributed by atoms with van der Waals surface area (Å²) in [4.78, 5) is 2.65. The molecular weight excluding hydrogens is 182 g/mol. The van der Waals surface area contributed by atoms with Crippen molar-refractivity contribution >= 4 is 0 Å². The average molecular weight is 201 g/mol. The van der Waals surface area contributed by atoms with E-state index in [1.807, 2.05) is 0 Å². The summed E-state index contributed by atoms with van der Waals surface area (Å²) < 4.78 is 0. The molecule has 3 saturated heterocycles. The number of hydrogen-bond acceptors (Lipinski definition) is 1. The van der Waals surface area contributed by atoms with Gasteiger partial charge in [-0.05, 0) is 49.8 Å². The summed E-state index contributed by atoms with van der Waals surface area (Å²) in [6.07, 6.45) is 4.18. The molecule has 1 atom stereocenters. The largest absolute Gasteiger partial charge is 0.303 e. The molecule has 2 bridgehead atoms. The second kappa shape index (κ2) is 3.97. The molecule has 0 N–H and O–H groups in total. The molecule has 1 nitrogen and oxygen atoms in total. The number of piperidine rings is 3. The van der Waals surface area contributed by atoms with Gasteiger partial charge in [-0.15, -0.1) is 0 Å². The molecule has 0 amide bonds. The quantitative estimate of drug-likeness (QED) is 0.711. The fourth-order valence-electron chi connectivity index (χ4n) is 3.24. The van der Waals surface area contributed by atoms with Crippen molar-refractivity contribution in [3.63, 3.8) is 0 Å². The third-order valence-corrected chi connectivity index (χ3v) is 4.13. The SMILES string of the molecule is c1ccc(C[C@H]2CN3CCC2CC3)cc1. The highest BCUT2D eigenvalue weighted by Crippen LogP contribution is 2.34. The molecule has 0 saturated carbocycles. The standard InChI is InChI=1S/C14H19N/c1-2-4-12(5-3-1)10-14-11-15-8-6-13(14)7-9-15/h1-5,13-14H,6-11H2/t14-/m0/s1. The van der Waals surface area contributed by atoms with E-state index >= 15 is 0 Å². The maximum Gasteiger partial charge on any atom is 0.00155 e. The fraction of sp³-hybridized carbons (Fsp3) is 0.571. The van der Waals surface area contributed by atoms with Crippen molar-refractivity contribution in [1.82, 2.24) is 4.90 Å². The van der Waals surface area contributed by atoms with E-state index in [2.05, 4.69) is 35.2 Å². The first kappa shape index (κ1) is 9.41. The van der Waals surface area contributed by atoms with Gasteiger partial charge in [0.25, 0.3) is 0 Å². The minimum absolute atomic E-state index is 0.926. The first-order chi connectivity index (χ1) is 7.42. The van der Waals surface area contributed by atoms with Crippen LogP contribution in [0.15, 0.2) is 30.3 Å². The summed E-state index contributed by atoms with van der Waals surface area (Å²) in [5, 5.41) is 0. The van der Waals surface area contributed by atoms with E-state index in [0.29, 0.717) is 0 Å².